The molecule has 0 aliphatic rings. The molecule has 0 amide bonds. The number of rotatable bonds is 3. The molecule has 4 heteroatoms. The predicted octanol–water partition coefficient (Wildman–Crippen LogP) is 14.3. The van der Waals surface area contributed by atoms with Crippen molar-refractivity contribution in [1.82, 2.24) is 9.13 Å². The topological polar surface area (TPSA) is 9.86 Å². The Balaban J connectivity index is 1.04. The van der Waals surface area contributed by atoms with Crippen LogP contribution in [0.2, 0.25) is 0 Å². The average Bonchev–Trinajstić information content (AvgIpc) is 3.95. The molecule has 12 aromatic rings. The van der Waals surface area contributed by atoms with E-state index in [-0.39, 0.29) is 0 Å². The van der Waals surface area contributed by atoms with Gasteiger partial charge in [-0.1, -0.05) is 97.1 Å². The molecule has 242 valence electrons. The predicted molar refractivity (Wildman–Crippen MR) is 226 cm³/mol. The van der Waals surface area contributed by atoms with E-state index in [0.29, 0.717) is 0 Å². The summed E-state index contributed by atoms with van der Waals surface area (Å²) in [5.74, 6) is 0. The summed E-state index contributed by atoms with van der Waals surface area (Å²) >= 11 is 3.82. The fraction of sp³-hybridized carbons (Fsp3) is 0. The fourth-order valence-electron chi connectivity index (χ4n) is 8.61. The smallest absolute Gasteiger partial charge is 0.0541 e. The lowest BCUT2D eigenvalue weighted by molar-refractivity contribution is 1.18. The van der Waals surface area contributed by atoms with Crippen molar-refractivity contribution in [2.45, 2.75) is 0 Å². The number of fused-ring (bicyclic) bond motifs is 13. The van der Waals surface area contributed by atoms with E-state index in [9.17, 15) is 0 Å². The Bertz CT molecular complexity index is 3410. The molecular formula is C48H28N2S2. The van der Waals surface area contributed by atoms with E-state index in [2.05, 4.69) is 179 Å². The number of benzene rings is 8. The maximum absolute atomic E-state index is 2.45. The molecule has 0 saturated carbocycles. The Labute approximate surface area is 306 Å². The molecule has 0 aliphatic carbocycles. The second-order valence-corrected chi connectivity index (χ2v) is 15.8. The zero-order valence-electron chi connectivity index (χ0n) is 27.9. The highest BCUT2D eigenvalue weighted by molar-refractivity contribution is 7.29. The average molecular weight is 697 g/mol. The number of aromatic nitrogens is 2. The molecule has 4 aromatic heterocycles. The van der Waals surface area contributed by atoms with Gasteiger partial charge in [0, 0.05) is 73.3 Å². The van der Waals surface area contributed by atoms with Gasteiger partial charge in [-0.2, -0.15) is 0 Å². The monoisotopic (exact) mass is 696 g/mol. The van der Waals surface area contributed by atoms with Crippen molar-refractivity contribution in [2.75, 3.05) is 0 Å². The lowest BCUT2D eigenvalue weighted by Crippen LogP contribution is -1.93. The van der Waals surface area contributed by atoms with Crippen LogP contribution in [0.3, 0.4) is 0 Å². The molecule has 0 spiro atoms. The summed E-state index contributed by atoms with van der Waals surface area (Å²) in [5, 5.41) is 10.5. The number of hydrogen-bond acceptors (Lipinski definition) is 2. The molecule has 52 heavy (non-hydrogen) atoms. The van der Waals surface area contributed by atoms with E-state index in [1.165, 1.54) is 106 Å². The van der Waals surface area contributed by atoms with Gasteiger partial charge in [0.1, 0.15) is 0 Å². The normalized spacial score (nSPS) is 12.2. The third kappa shape index (κ3) is 3.93. The highest BCUT2D eigenvalue weighted by atomic mass is 32.1. The van der Waals surface area contributed by atoms with Gasteiger partial charge in [0.15, 0.2) is 0 Å². The van der Waals surface area contributed by atoms with Gasteiger partial charge in [-0.25, -0.2) is 0 Å². The molecule has 0 fully saturated rings. The van der Waals surface area contributed by atoms with Crippen molar-refractivity contribution in [3.63, 3.8) is 0 Å². The first kappa shape index (κ1) is 28.5. The van der Waals surface area contributed by atoms with Crippen LogP contribution in [0.5, 0.6) is 0 Å². The number of nitrogens with zero attached hydrogens (tertiary/aromatic N) is 2. The van der Waals surface area contributed by atoms with Crippen molar-refractivity contribution in [2.24, 2.45) is 0 Å². The summed E-state index contributed by atoms with van der Waals surface area (Å²) in [7, 11) is 0. The molecule has 0 unspecified atom stereocenters. The van der Waals surface area contributed by atoms with E-state index in [4.69, 9.17) is 0 Å². The zero-order valence-corrected chi connectivity index (χ0v) is 29.5. The Kier molecular flexibility index (Phi) is 5.84. The molecule has 0 radical (unpaired) electrons. The van der Waals surface area contributed by atoms with Crippen LogP contribution < -0.4 is 0 Å². The Morgan fingerprint density at radius 3 is 1.60 bits per heavy atom. The van der Waals surface area contributed by atoms with E-state index in [0.717, 1.165) is 0 Å². The van der Waals surface area contributed by atoms with Gasteiger partial charge in [0.05, 0.1) is 22.1 Å². The second-order valence-electron chi connectivity index (χ2n) is 13.7. The van der Waals surface area contributed by atoms with Crippen LogP contribution in [0, 0.1) is 0 Å². The van der Waals surface area contributed by atoms with Crippen molar-refractivity contribution >= 4 is 107 Å². The summed E-state index contributed by atoms with van der Waals surface area (Å²) in [4.78, 5) is 0. The Hall–Kier alpha value is -6.20. The molecule has 2 nitrogen and oxygen atoms in total. The third-order valence-corrected chi connectivity index (χ3v) is 13.2. The number of hydrogen-bond donors (Lipinski definition) is 0. The zero-order chi connectivity index (χ0) is 33.9. The maximum Gasteiger partial charge on any atom is 0.0541 e. The van der Waals surface area contributed by atoms with Gasteiger partial charge in [0.2, 0.25) is 0 Å². The minimum Gasteiger partial charge on any atom is -0.309 e. The molecule has 0 saturated heterocycles. The highest BCUT2D eigenvalue weighted by Gasteiger charge is 2.18. The lowest BCUT2D eigenvalue weighted by atomic mass is 10.0. The minimum atomic E-state index is 1.18. The second kappa shape index (κ2) is 10.7. The van der Waals surface area contributed by atoms with Gasteiger partial charge in [-0.15, -0.1) is 22.7 Å². The summed E-state index contributed by atoms with van der Waals surface area (Å²) < 4.78 is 10.2. The standard InChI is InChI=1S/C48H28N2S2/c1-2-10-31(11-3-1)49-40-15-7-4-12-33(40)38-26-29(18-23-42(38)49)30-19-24-43-39(27-30)34-13-5-8-16-41(34)50(43)32-20-21-35-36-22-25-45-47(48(36)52-46(35)28-32)37-14-6-9-17-44(37)51-45/h1-28H. The third-order valence-electron chi connectivity index (χ3n) is 10.9. The van der Waals surface area contributed by atoms with Crippen LogP contribution in [-0.4, -0.2) is 9.13 Å². The number of thiophene rings is 2. The largest absolute Gasteiger partial charge is 0.309 e. The first-order valence-corrected chi connectivity index (χ1v) is 19.3. The van der Waals surface area contributed by atoms with Gasteiger partial charge < -0.3 is 9.13 Å². The van der Waals surface area contributed by atoms with E-state index in [1.807, 2.05) is 22.7 Å². The molecular weight excluding hydrogens is 669 g/mol. The summed E-state index contributed by atoms with van der Waals surface area (Å²) in [6.45, 7) is 0. The van der Waals surface area contributed by atoms with Crippen molar-refractivity contribution in [1.29, 1.82) is 0 Å². The highest BCUT2D eigenvalue weighted by Crippen LogP contribution is 2.45. The molecule has 12 rings (SSSR count). The molecule has 0 aliphatic heterocycles. The lowest BCUT2D eigenvalue weighted by Gasteiger charge is -2.09. The van der Waals surface area contributed by atoms with Gasteiger partial charge in [-0.3, -0.25) is 0 Å². The van der Waals surface area contributed by atoms with E-state index >= 15 is 0 Å². The Morgan fingerprint density at radius 2 is 0.885 bits per heavy atom. The number of para-hydroxylation sites is 3. The van der Waals surface area contributed by atoms with Crippen molar-refractivity contribution < 1.29 is 0 Å². The molecule has 0 N–H and O–H groups in total. The molecule has 0 atom stereocenters. The molecule has 4 heterocycles. The van der Waals surface area contributed by atoms with E-state index in [1.54, 1.807) is 0 Å². The van der Waals surface area contributed by atoms with Crippen LogP contribution in [0.15, 0.2) is 170 Å². The van der Waals surface area contributed by atoms with Gasteiger partial charge >= 0.3 is 0 Å². The van der Waals surface area contributed by atoms with E-state index < -0.39 is 0 Å². The van der Waals surface area contributed by atoms with Crippen LogP contribution in [0.25, 0.3) is 106 Å². The summed E-state index contributed by atoms with van der Waals surface area (Å²) in [6, 6.07) is 62.7. The van der Waals surface area contributed by atoms with Crippen LogP contribution >= 0.6 is 22.7 Å². The van der Waals surface area contributed by atoms with Crippen molar-refractivity contribution in [3.05, 3.63) is 170 Å². The maximum atomic E-state index is 2.45. The van der Waals surface area contributed by atoms with Crippen molar-refractivity contribution in [3.8, 4) is 22.5 Å². The quantitative estimate of drug-likeness (QED) is 0.174. The fourth-order valence-corrected chi connectivity index (χ4v) is 11.1. The molecule has 0 bridgehead atoms. The minimum absolute atomic E-state index is 1.18. The first-order valence-electron chi connectivity index (χ1n) is 17.7. The summed E-state index contributed by atoms with van der Waals surface area (Å²) in [6.07, 6.45) is 0. The van der Waals surface area contributed by atoms with Crippen LogP contribution in [-0.2, 0) is 0 Å². The first-order chi connectivity index (χ1) is 25.8. The van der Waals surface area contributed by atoms with Crippen LogP contribution in [0.1, 0.15) is 0 Å². The Morgan fingerprint density at radius 1 is 0.308 bits per heavy atom. The van der Waals surface area contributed by atoms with Crippen LogP contribution in [0.4, 0.5) is 0 Å². The molecule has 8 aromatic carbocycles. The van der Waals surface area contributed by atoms with Gasteiger partial charge in [-0.05, 0) is 83.9 Å². The van der Waals surface area contributed by atoms with Gasteiger partial charge in [0.25, 0.3) is 0 Å². The summed E-state index contributed by atoms with van der Waals surface area (Å²) in [5.41, 5.74) is 9.71. The SMILES string of the molecule is c1ccc(-n2c3ccccc3c3cc(-c4ccc5c(c4)c4ccccc4n5-c4ccc5c(c4)sc4c5ccc5sc6ccccc6c54)ccc32)cc1.